The molecular formula is C15H28O5P+. The van der Waals surface area contributed by atoms with Crippen LogP contribution in [0.25, 0.3) is 0 Å². The Morgan fingerprint density at radius 3 is 2.43 bits per heavy atom. The molecule has 1 aliphatic rings. The van der Waals surface area contributed by atoms with Gasteiger partial charge in [0.1, 0.15) is 0 Å². The van der Waals surface area contributed by atoms with Gasteiger partial charge in [-0.15, -0.1) is 0 Å². The van der Waals surface area contributed by atoms with Crippen molar-refractivity contribution in [2.24, 2.45) is 11.8 Å². The second kappa shape index (κ2) is 9.50. The van der Waals surface area contributed by atoms with E-state index in [9.17, 15) is 14.5 Å². The van der Waals surface area contributed by atoms with E-state index in [1.807, 2.05) is 0 Å². The molecule has 1 N–H and O–H groups in total. The minimum atomic E-state index is -1.28. The fraction of sp³-hybridized carbons (Fsp3) is 0.933. The molecule has 0 aromatic heterocycles. The van der Waals surface area contributed by atoms with Crippen LogP contribution in [0.5, 0.6) is 0 Å². The summed E-state index contributed by atoms with van der Waals surface area (Å²) in [6, 6.07) is 0. The third-order valence-corrected chi connectivity index (χ3v) is 5.04. The summed E-state index contributed by atoms with van der Waals surface area (Å²) in [6.45, 7) is 3.97. The van der Waals surface area contributed by atoms with Crippen LogP contribution in [0.1, 0.15) is 46.0 Å². The van der Waals surface area contributed by atoms with Crippen molar-refractivity contribution in [2.45, 2.75) is 51.6 Å². The highest BCUT2D eigenvalue weighted by Crippen LogP contribution is 2.39. The zero-order chi connectivity index (χ0) is 15.7. The highest BCUT2D eigenvalue weighted by atomic mass is 31.1. The van der Waals surface area contributed by atoms with Gasteiger partial charge in [0.25, 0.3) is 0 Å². The number of carbonyl (C=O) groups excluding carboxylic acids is 1. The highest BCUT2D eigenvalue weighted by molar-refractivity contribution is 7.23. The molecule has 0 amide bonds. The second-order valence-electron chi connectivity index (χ2n) is 5.55. The van der Waals surface area contributed by atoms with Gasteiger partial charge in [0.2, 0.25) is 5.60 Å². The van der Waals surface area contributed by atoms with Crippen LogP contribution in [-0.4, -0.2) is 42.7 Å². The molecule has 1 aliphatic carbocycles. The number of carbonyl (C=O) groups is 1. The lowest BCUT2D eigenvalue weighted by Crippen LogP contribution is -2.55. The van der Waals surface area contributed by atoms with Gasteiger partial charge in [0, 0.05) is 19.1 Å². The van der Waals surface area contributed by atoms with Crippen LogP contribution in [0.15, 0.2) is 0 Å². The first-order chi connectivity index (χ1) is 10.2. The van der Waals surface area contributed by atoms with Gasteiger partial charge < -0.3 is 14.6 Å². The van der Waals surface area contributed by atoms with E-state index in [1.165, 1.54) is 6.42 Å². The monoisotopic (exact) mass is 319 g/mol. The Bertz CT molecular complexity index is 330. The minimum absolute atomic E-state index is 0.0847. The quantitative estimate of drug-likeness (QED) is 0.522. The summed E-state index contributed by atoms with van der Waals surface area (Å²) < 4.78 is 22.2. The largest absolute Gasteiger partial charge is 0.464 e. The summed E-state index contributed by atoms with van der Waals surface area (Å²) in [5.41, 5.74) is -1.28. The average Bonchev–Trinajstić information content (AvgIpc) is 2.49. The van der Waals surface area contributed by atoms with Gasteiger partial charge in [-0.2, -0.15) is 0 Å². The van der Waals surface area contributed by atoms with Crippen molar-refractivity contribution in [3.8, 4) is 0 Å². The summed E-state index contributed by atoms with van der Waals surface area (Å²) in [4.78, 5) is 12.5. The molecule has 1 fully saturated rings. The summed E-state index contributed by atoms with van der Waals surface area (Å²) in [6.07, 6.45) is 5.43. The maximum absolute atomic E-state index is 12.5. The van der Waals surface area contributed by atoms with Gasteiger partial charge >= 0.3 is 14.4 Å². The molecule has 0 saturated heterocycles. The summed E-state index contributed by atoms with van der Waals surface area (Å²) in [7, 11) is -0.661. The van der Waals surface area contributed by atoms with E-state index >= 15 is 0 Å². The first-order valence-corrected chi connectivity index (χ1v) is 9.04. The molecule has 0 radical (unpaired) electrons. The van der Waals surface area contributed by atoms with Gasteiger partial charge in [0.05, 0.1) is 6.61 Å². The van der Waals surface area contributed by atoms with Crippen molar-refractivity contribution >= 4 is 14.4 Å². The Morgan fingerprint density at radius 2 is 1.95 bits per heavy atom. The maximum Gasteiger partial charge on any atom is 0.343 e. The van der Waals surface area contributed by atoms with Crippen LogP contribution in [-0.2, 0) is 18.8 Å². The van der Waals surface area contributed by atoms with E-state index in [0.29, 0.717) is 6.61 Å². The molecule has 5 nitrogen and oxygen atoms in total. The Balaban J connectivity index is 3.08. The third kappa shape index (κ3) is 4.48. The first-order valence-electron chi connectivity index (χ1n) is 7.93. The average molecular weight is 319 g/mol. The molecule has 1 rings (SSSR count). The van der Waals surface area contributed by atoms with Gasteiger partial charge in [-0.1, -0.05) is 23.8 Å². The van der Waals surface area contributed by atoms with Crippen LogP contribution in [0.4, 0.5) is 0 Å². The Hall–Kier alpha value is -0.510. The molecule has 0 bridgehead atoms. The lowest BCUT2D eigenvalue weighted by molar-refractivity contribution is -0.183. The molecule has 0 aromatic carbocycles. The summed E-state index contributed by atoms with van der Waals surface area (Å²) in [5, 5.41) is 9.90. The number of aliphatic hydroxyl groups excluding tert-OH is 1. The van der Waals surface area contributed by atoms with Crippen LogP contribution in [0, 0.1) is 11.8 Å². The van der Waals surface area contributed by atoms with Gasteiger partial charge in [-0.3, -0.25) is 0 Å². The standard InChI is InChI=1S/C15H27O5P/c1-3-19-14(17)15(11-21-18,20-4-2)13(10-16)12-8-6-5-7-9-12/h12-13,16H,3-11H2,1-2H3/p+1. The Labute approximate surface area is 128 Å². The molecule has 0 spiro atoms. The number of hydrogen-bond donors (Lipinski definition) is 1. The predicted molar refractivity (Wildman–Crippen MR) is 82.0 cm³/mol. The van der Waals surface area contributed by atoms with E-state index in [1.54, 1.807) is 13.8 Å². The topological polar surface area (TPSA) is 72.8 Å². The van der Waals surface area contributed by atoms with Crippen molar-refractivity contribution in [3.63, 3.8) is 0 Å². The second-order valence-corrected chi connectivity index (χ2v) is 6.19. The lowest BCUT2D eigenvalue weighted by Gasteiger charge is -2.39. The number of ether oxygens (including phenoxy) is 2. The van der Waals surface area contributed by atoms with E-state index < -0.39 is 20.0 Å². The third-order valence-electron chi connectivity index (χ3n) is 4.37. The summed E-state index contributed by atoms with van der Waals surface area (Å²) >= 11 is 0. The van der Waals surface area contributed by atoms with Crippen LogP contribution in [0.2, 0.25) is 0 Å². The van der Waals surface area contributed by atoms with Gasteiger partial charge in [-0.25, -0.2) is 4.79 Å². The number of esters is 1. The van der Waals surface area contributed by atoms with Crippen molar-refractivity contribution in [1.29, 1.82) is 0 Å². The van der Waals surface area contributed by atoms with Crippen LogP contribution >= 0.6 is 8.46 Å². The molecule has 3 atom stereocenters. The van der Waals surface area contributed by atoms with Gasteiger partial charge in [-0.05, 0) is 32.6 Å². The van der Waals surface area contributed by atoms with Crippen LogP contribution in [0.3, 0.4) is 0 Å². The summed E-state index contributed by atoms with van der Waals surface area (Å²) in [5.74, 6) is -0.617. The normalized spacial score (nSPS) is 20.9. The minimum Gasteiger partial charge on any atom is -0.464 e. The van der Waals surface area contributed by atoms with Gasteiger partial charge in [0.15, 0.2) is 6.16 Å². The maximum atomic E-state index is 12.5. The first kappa shape index (κ1) is 18.5. The predicted octanol–water partition coefficient (Wildman–Crippen LogP) is 2.54. The molecule has 1 saturated carbocycles. The number of aliphatic hydroxyl groups is 1. The Morgan fingerprint density at radius 1 is 1.29 bits per heavy atom. The number of hydrogen-bond acceptors (Lipinski definition) is 5. The highest BCUT2D eigenvalue weighted by Gasteiger charge is 2.53. The molecule has 0 aromatic rings. The molecule has 3 unspecified atom stereocenters. The van der Waals surface area contributed by atoms with Crippen LogP contribution < -0.4 is 0 Å². The molecule has 0 heterocycles. The molecule has 122 valence electrons. The van der Waals surface area contributed by atoms with E-state index in [2.05, 4.69) is 0 Å². The molecule has 0 aliphatic heterocycles. The molecule has 21 heavy (non-hydrogen) atoms. The van der Waals surface area contributed by atoms with Crippen molar-refractivity contribution in [2.75, 3.05) is 26.0 Å². The van der Waals surface area contributed by atoms with Crippen molar-refractivity contribution in [3.05, 3.63) is 0 Å². The number of rotatable bonds is 9. The lowest BCUT2D eigenvalue weighted by atomic mass is 9.72. The van der Waals surface area contributed by atoms with Crippen molar-refractivity contribution in [1.82, 2.24) is 0 Å². The molecule has 6 heteroatoms. The van der Waals surface area contributed by atoms with Crippen molar-refractivity contribution < 1.29 is 23.9 Å². The fourth-order valence-electron chi connectivity index (χ4n) is 3.40. The van der Waals surface area contributed by atoms with E-state index in [0.717, 1.165) is 25.7 Å². The molecular weight excluding hydrogens is 291 g/mol. The SMILES string of the molecule is CCOC(=O)C(C[PH+]=O)(OCC)C(CO)C1CCCCC1. The zero-order valence-electron chi connectivity index (χ0n) is 13.1. The fourth-order valence-corrected chi connectivity index (χ4v) is 4.13. The smallest absolute Gasteiger partial charge is 0.343 e. The van der Waals surface area contributed by atoms with E-state index in [-0.39, 0.29) is 31.2 Å². The zero-order valence-corrected chi connectivity index (χ0v) is 14.1. The van der Waals surface area contributed by atoms with E-state index in [4.69, 9.17) is 9.47 Å². The Kier molecular flexibility index (Phi) is 8.38.